The van der Waals surface area contributed by atoms with Crippen LogP contribution in [-0.4, -0.2) is 44.3 Å². The number of aromatic nitrogens is 1. The van der Waals surface area contributed by atoms with Crippen molar-refractivity contribution in [1.29, 1.82) is 0 Å². The van der Waals surface area contributed by atoms with Gasteiger partial charge in [-0.1, -0.05) is 6.07 Å². The van der Waals surface area contributed by atoms with E-state index in [2.05, 4.69) is 10.3 Å². The Morgan fingerprint density at radius 3 is 2.30 bits per heavy atom. The van der Waals surface area contributed by atoms with E-state index in [1.165, 1.54) is 40.4 Å². The molecular formula is C22H22N2O6. The highest BCUT2D eigenvalue weighted by Gasteiger charge is 2.23. The molecule has 0 aliphatic rings. The van der Waals surface area contributed by atoms with E-state index in [1.807, 2.05) is 12.1 Å². The molecule has 30 heavy (non-hydrogen) atoms. The summed E-state index contributed by atoms with van der Waals surface area (Å²) in [6, 6.07) is 12.0. The molecule has 1 N–H and O–H groups in total. The number of benzene rings is 2. The Labute approximate surface area is 173 Å². The first-order valence-corrected chi connectivity index (χ1v) is 9.14. The number of esters is 1. The Morgan fingerprint density at radius 2 is 1.67 bits per heavy atom. The molecule has 0 radical (unpaired) electrons. The van der Waals surface area contributed by atoms with Crippen molar-refractivity contribution in [1.82, 2.24) is 4.98 Å². The molecule has 0 saturated carbocycles. The molecule has 0 spiro atoms. The van der Waals surface area contributed by atoms with Crippen molar-refractivity contribution in [2.24, 2.45) is 0 Å². The smallest absolute Gasteiger partial charge is 0.339 e. The second-order valence-corrected chi connectivity index (χ2v) is 6.33. The average molecular weight is 410 g/mol. The Kier molecular flexibility index (Phi) is 6.36. The summed E-state index contributed by atoms with van der Waals surface area (Å²) >= 11 is 0. The lowest BCUT2D eigenvalue weighted by Gasteiger charge is -2.16. The van der Waals surface area contributed by atoms with Crippen LogP contribution in [0.1, 0.15) is 17.3 Å². The van der Waals surface area contributed by atoms with E-state index in [0.29, 0.717) is 22.9 Å². The summed E-state index contributed by atoms with van der Waals surface area (Å²) in [7, 11) is 4.36. The maximum absolute atomic E-state index is 12.6. The number of carbonyl (C=O) groups is 2. The standard InChI is InChI=1S/C22H22N2O6/c1-13(21(25)24-17-9-5-8-16-15(17)7-6-10-23-16)30-22(26)14-11-18(27-2)20(29-4)19(12-14)28-3/h5-13H,1-4H3,(H,24,25). The zero-order valence-corrected chi connectivity index (χ0v) is 17.1. The minimum absolute atomic E-state index is 0.165. The van der Waals surface area contributed by atoms with Crippen molar-refractivity contribution in [3.05, 3.63) is 54.2 Å². The molecule has 0 bridgehead atoms. The van der Waals surface area contributed by atoms with Crippen molar-refractivity contribution in [3.8, 4) is 17.2 Å². The van der Waals surface area contributed by atoms with E-state index in [1.54, 1.807) is 24.4 Å². The average Bonchev–Trinajstić information content (AvgIpc) is 2.78. The molecule has 1 amide bonds. The van der Waals surface area contributed by atoms with Gasteiger partial charge in [-0.25, -0.2) is 4.79 Å². The summed E-state index contributed by atoms with van der Waals surface area (Å²) in [6.45, 7) is 1.49. The molecule has 3 rings (SSSR count). The molecule has 0 aliphatic heterocycles. The number of nitrogens with one attached hydrogen (secondary N) is 1. The summed E-state index contributed by atoms with van der Waals surface area (Å²) < 4.78 is 21.1. The lowest BCUT2D eigenvalue weighted by atomic mass is 10.1. The molecule has 1 aromatic heterocycles. The molecule has 8 heteroatoms. The van der Waals surface area contributed by atoms with Crippen LogP contribution in [-0.2, 0) is 9.53 Å². The Hall–Kier alpha value is -3.81. The SMILES string of the molecule is COc1cc(C(=O)OC(C)C(=O)Nc2cccc3ncccc23)cc(OC)c1OC. The van der Waals surface area contributed by atoms with Gasteiger partial charge in [0.25, 0.3) is 5.91 Å². The molecule has 8 nitrogen and oxygen atoms in total. The van der Waals surface area contributed by atoms with Gasteiger partial charge in [0.05, 0.1) is 38.1 Å². The van der Waals surface area contributed by atoms with E-state index in [-0.39, 0.29) is 5.56 Å². The van der Waals surface area contributed by atoms with Crippen LogP contribution in [0.15, 0.2) is 48.7 Å². The van der Waals surface area contributed by atoms with E-state index in [9.17, 15) is 9.59 Å². The number of carbonyl (C=O) groups excluding carboxylic acids is 2. The summed E-state index contributed by atoms with van der Waals surface area (Å²) in [6.07, 6.45) is 0.638. The van der Waals surface area contributed by atoms with Crippen molar-refractivity contribution in [2.75, 3.05) is 26.6 Å². The number of hydrogen-bond acceptors (Lipinski definition) is 7. The third-order valence-electron chi connectivity index (χ3n) is 4.46. The predicted molar refractivity (Wildman–Crippen MR) is 111 cm³/mol. The first-order chi connectivity index (χ1) is 14.5. The van der Waals surface area contributed by atoms with E-state index >= 15 is 0 Å². The highest BCUT2D eigenvalue weighted by atomic mass is 16.5. The molecule has 1 unspecified atom stereocenters. The van der Waals surface area contributed by atoms with Crippen LogP contribution in [0.5, 0.6) is 17.2 Å². The maximum atomic E-state index is 12.6. The molecular weight excluding hydrogens is 388 g/mol. The van der Waals surface area contributed by atoms with Gasteiger partial charge in [-0.05, 0) is 43.3 Å². The van der Waals surface area contributed by atoms with Gasteiger partial charge in [-0.2, -0.15) is 0 Å². The molecule has 0 saturated heterocycles. The molecule has 3 aromatic rings. The fourth-order valence-corrected chi connectivity index (χ4v) is 2.93. The predicted octanol–water partition coefficient (Wildman–Crippen LogP) is 3.44. The minimum Gasteiger partial charge on any atom is -0.493 e. The lowest BCUT2D eigenvalue weighted by molar-refractivity contribution is -0.123. The van der Waals surface area contributed by atoms with Crippen LogP contribution in [0.25, 0.3) is 10.9 Å². The number of hydrogen-bond donors (Lipinski definition) is 1. The molecule has 0 fully saturated rings. The van der Waals surface area contributed by atoms with Crippen LogP contribution in [0.4, 0.5) is 5.69 Å². The number of ether oxygens (including phenoxy) is 4. The first-order valence-electron chi connectivity index (χ1n) is 9.14. The fraction of sp³-hybridized carbons (Fsp3) is 0.227. The van der Waals surface area contributed by atoms with Crippen LogP contribution in [0.2, 0.25) is 0 Å². The number of pyridine rings is 1. The van der Waals surface area contributed by atoms with Gasteiger partial charge in [0.15, 0.2) is 17.6 Å². The van der Waals surface area contributed by atoms with Gasteiger partial charge in [-0.3, -0.25) is 9.78 Å². The van der Waals surface area contributed by atoms with Crippen molar-refractivity contribution >= 4 is 28.5 Å². The van der Waals surface area contributed by atoms with Crippen molar-refractivity contribution in [3.63, 3.8) is 0 Å². The first kappa shape index (κ1) is 20.9. The monoisotopic (exact) mass is 410 g/mol. The number of amides is 1. The van der Waals surface area contributed by atoms with Crippen molar-refractivity contribution in [2.45, 2.75) is 13.0 Å². The van der Waals surface area contributed by atoms with Crippen LogP contribution < -0.4 is 19.5 Å². The van der Waals surface area contributed by atoms with Crippen LogP contribution in [0.3, 0.4) is 0 Å². The molecule has 1 atom stereocenters. The molecule has 1 heterocycles. The third kappa shape index (κ3) is 4.27. The molecule has 156 valence electrons. The van der Waals surface area contributed by atoms with Gasteiger partial charge in [0.1, 0.15) is 0 Å². The van der Waals surface area contributed by atoms with Crippen LogP contribution >= 0.6 is 0 Å². The highest BCUT2D eigenvalue weighted by Crippen LogP contribution is 2.38. The number of nitrogens with zero attached hydrogens (tertiary/aromatic N) is 1. The van der Waals surface area contributed by atoms with Gasteiger partial charge in [-0.15, -0.1) is 0 Å². The summed E-state index contributed by atoms with van der Waals surface area (Å²) in [5.74, 6) is -0.191. The van der Waals surface area contributed by atoms with Gasteiger partial charge < -0.3 is 24.3 Å². The lowest BCUT2D eigenvalue weighted by Crippen LogP contribution is -2.30. The van der Waals surface area contributed by atoms with E-state index < -0.39 is 18.0 Å². The largest absolute Gasteiger partial charge is 0.493 e. The second-order valence-electron chi connectivity index (χ2n) is 6.33. The Bertz CT molecular complexity index is 1050. The summed E-state index contributed by atoms with van der Waals surface area (Å²) in [4.78, 5) is 29.4. The van der Waals surface area contributed by atoms with Gasteiger partial charge in [0, 0.05) is 11.6 Å². The normalized spacial score (nSPS) is 11.5. The summed E-state index contributed by atoms with van der Waals surface area (Å²) in [5, 5.41) is 3.57. The van der Waals surface area contributed by atoms with Crippen molar-refractivity contribution < 1.29 is 28.5 Å². The highest BCUT2D eigenvalue weighted by molar-refractivity contribution is 6.03. The van der Waals surface area contributed by atoms with E-state index in [0.717, 1.165) is 10.9 Å². The quantitative estimate of drug-likeness (QED) is 0.596. The zero-order chi connectivity index (χ0) is 21.7. The third-order valence-corrected chi connectivity index (χ3v) is 4.46. The number of methoxy groups -OCH3 is 3. The maximum Gasteiger partial charge on any atom is 0.339 e. The van der Waals surface area contributed by atoms with Gasteiger partial charge >= 0.3 is 5.97 Å². The number of fused-ring (bicyclic) bond motifs is 1. The Balaban J connectivity index is 1.76. The fourth-order valence-electron chi connectivity index (χ4n) is 2.93. The molecule has 2 aromatic carbocycles. The Morgan fingerprint density at radius 1 is 0.967 bits per heavy atom. The molecule has 0 aliphatic carbocycles. The number of anilines is 1. The van der Waals surface area contributed by atoms with Crippen LogP contribution in [0, 0.1) is 0 Å². The van der Waals surface area contributed by atoms with Gasteiger partial charge in [0.2, 0.25) is 5.75 Å². The number of rotatable bonds is 7. The zero-order valence-electron chi connectivity index (χ0n) is 17.1. The second kappa shape index (κ2) is 9.13. The summed E-state index contributed by atoms with van der Waals surface area (Å²) in [5.41, 5.74) is 1.50. The minimum atomic E-state index is -1.04. The topological polar surface area (TPSA) is 96.0 Å². The van der Waals surface area contributed by atoms with E-state index in [4.69, 9.17) is 18.9 Å².